The van der Waals surface area contributed by atoms with Gasteiger partial charge in [-0.25, -0.2) is 0 Å². The zero-order valence-electron chi connectivity index (χ0n) is 7.17. The minimum atomic E-state index is 0.441. The number of aryl methyl sites for hydroxylation is 1. The van der Waals surface area contributed by atoms with Crippen LogP contribution in [0.25, 0.3) is 0 Å². The SMILES string of the molecule is C=C(C)CCc1ccoc1C=O. The third-order valence-electron chi connectivity index (χ3n) is 1.71. The Hall–Kier alpha value is -1.31. The highest BCUT2D eigenvalue weighted by Gasteiger charge is 2.03. The Morgan fingerprint density at radius 1 is 1.75 bits per heavy atom. The van der Waals surface area contributed by atoms with Gasteiger partial charge in [0.05, 0.1) is 6.26 Å². The van der Waals surface area contributed by atoms with E-state index < -0.39 is 0 Å². The molecule has 0 spiro atoms. The lowest BCUT2D eigenvalue weighted by atomic mass is 10.1. The van der Waals surface area contributed by atoms with Gasteiger partial charge in [-0.1, -0.05) is 5.57 Å². The van der Waals surface area contributed by atoms with Gasteiger partial charge in [0.1, 0.15) is 0 Å². The van der Waals surface area contributed by atoms with Crippen molar-refractivity contribution in [1.82, 2.24) is 0 Å². The van der Waals surface area contributed by atoms with Gasteiger partial charge < -0.3 is 4.42 Å². The summed E-state index contributed by atoms with van der Waals surface area (Å²) in [6, 6.07) is 1.83. The van der Waals surface area contributed by atoms with E-state index in [0.717, 1.165) is 30.3 Å². The predicted octanol–water partition coefficient (Wildman–Crippen LogP) is 2.60. The molecule has 2 nitrogen and oxygen atoms in total. The molecule has 0 radical (unpaired) electrons. The molecule has 0 aliphatic heterocycles. The molecule has 0 fully saturated rings. The van der Waals surface area contributed by atoms with Crippen LogP contribution >= 0.6 is 0 Å². The number of carbonyl (C=O) groups is 1. The van der Waals surface area contributed by atoms with Gasteiger partial charge in [-0.15, -0.1) is 6.58 Å². The van der Waals surface area contributed by atoms with Crippen LogP contribution in [0.3, 0.4) is 0 Å². The van der Waals surface area contributed by atoms with Gasteiger partial charge in [0, 0.05) is 5.56 Å². The molecule has 0 saturated heterocycles. The average molecular weight is 164 g/mol. The summed E-state index contributed by atoms with van der Waals surface area (Å²) in [4.78, 5) is 10.4. The molecule has 0 aliphatic carbocycles. The second-order valence-electron chi connectivity index (χ2n) is 2.89. The lowest BCUT2D eigenvalue weighted by Gasteiger charge is -1.96. The van der Waals surface area contributed by atoms with Gasteiger partial charge in [0.2, 0.25) is 0 Å². The van der Waals surface area contributed by atoms with E-state index in [1.807, 2.05) is 13.0 Å². The maximum absolute atomic E-state index is 10.4. The number of allylic oxidation sites excluding steroid dienone is 1. The van der Waals surface area contributed by atoms with Crippen molar-refractivity contribution >= 4 is 6.29 Å². The number of carbonyl (C=O) groups excluding carboxylic acids is 1. The zero-order chi connectivity index (χ0) is 8.97. The van der Waals surface area contributed by atoms with E-state index >= 15 is 0 Å². The molecule has 1 heterocycles. The fraction of sp³-hybridized carbons (Fsp3) is 0.300. The van der Waals surface area contributed by atoms with Crippen molar-refractivity contribution < 1.29 is 9.21 Å². The van der Waals surface area contributed by atoms with Crippen LogP contribution < -0.4 is 0 Å². The Balaban J connectivity index is 2.62. The summed E-state index contributed by atoms with van der Waals surface area (Å²) in [5.41, 5.74) is 2.08. The van der Waals surface area contributed by atoms with Crippen LogP contribution in [0.2, 0.25) is 0 Å². The molecule has 0 saturated carbocycles. The van der Waals surface area contributed by atoms with Crippen LogP contribution in [0.1, 0.15) is 29.5 Å². The molecular weight excluding hydrogens is 152 g/mol. The first-order valence-corrected chi connectivity index (χ1v) is 3.90. The van der Waals surface area contributed by atoms with E-state index in [0.29, 0.717) is 5.76 Å². The largest absolute Gasteiger partial charge is 0.461 e. The van der Waals surface area contributed by atoms with Gasteiger partial charge in [0.15, 0.2) is 12.0 Å². The molecule has 0 bridgehead atoms. The van der Waals surface area contributed by atoms with Crippen molar-refractivity contribution in [2.75, 3.05) is 0 Å². The van der Waals surface area contributed by atoms with E-state index in [9.17, 15) is 4.79 Å². The molecule has 1 rings (SSSR count). The lowest BCUT2D eigenvalue weighted by molar-refractivity contribution is 0.109. The standard InChI is InChI=1S/C10H12O2/c1-8(2)3-4-9-5-6-12-10(9)7-11/h5-7H,1,3-4H2,2H3. The van der Waals surface area contributed by atoms with E-state index in [-0.39, 0.29) is 0 Å². The molecule has 12 heavy (non-hydrogen) atoms. The highest BCUT2D eigenvalue weighted by Crippen LogP contribution is 2.12. The normalized spacial score (nSPS) is 9.75. The summed E-state index contributed by atoms with van der Waals surface area (Å²) < 4.78 is 4.95. The molecule has 64 valence electrons. The van der Waals surface area contributed by atoms with E-state index in [4.69, 9.17) is 4.42 Å². The number of aldehydes is 1. The van der Waals surface area contributed by atoms with Crippen molar-refractivity contribution in [2.45, 2.75) is 19.8 Å². The first-order valence-electron chi connectivity index (χ1n) is 3.90. The van der Waals surface area contributed by atoms with Gasteiger partial charge in [-0.3, -0.25) is 4.79 Å². The molecule has 0 atom stereocenters. The molecule has 1 aromatic rings. The number of hydrogen-bond acceptors (Lipinski definition) is 2. The van der Waals surface area contributed by atoms with Crippen molar-refractivity contribution in [3.63, 3.8) is 0 Å². The average Bonchev–Trinajstić information content (AvgIpc) is 2.47. The minimum Gasteiger partial charge on any atom is -0.461 e. The quantitative estimate of drug-likeness (QED) is 0.505. The maximum Gasteiger partial charge on any atom is 0.185 e. The van der Waals surface area contributed by atoms with Gasteiger partial charge in [0.25, 0.3) is 0 Å². The van der Waals surface area contributed by atoms with Crippen LogP contribution in [0.5, 0.6) is 0 Å². The topological polar surface area (TPSA) is 30.2 Å². The molecule has 0 N–H and O–H groups in total. The summed E-state index contributed by atoms with van der Waals surface area (Å²) >= 11 is 0. The Bertz CT molecular complexity index is 284. The van der Waals surface area contributed by atoms with Crippen LogP contribution in [-0.2, 0) is 6.42 Å². The second-order valence-corrected chi connectivity index (χ2v) is 2.89. The third kappa shape index (κ3) is 2.09. The minimum absolute atomic E-state index is 0.441. The van der Waals surface area contributed by atoms with Crippen molar-refractivity contribution in [1.29, 1.82) is 0 Å². The highest BCUT2D eigenvalue weighted by molar-refractivity contribution is 5.72. The van der Waals surface area contributed by atoms with E-state index in [2.05, 4.69) is 6.58 Å². The van der Waals surface area contributed by atoms with Gasteiger partial charge >= 0.3 is 0 Å². The van der Waals surface area contributed by atoms with E-state index in [1.165, 1.54) is 6.26 Å². The van der Waals surface area contributed by atoms with Crippen molar-refractivity contribution in [2.24, 2.45) is 0 Å². The lowest BCUT2D eigenvalue weighted by Crippen LogP contribution is -1.88. The van der Waals surface area contributed by atoms with E-state index in [1.54, 1.807) is 0 Å². The molecular formula is C10H12O2. The predicted molar refractivity (Wildman–Crippen MR) is 47.2 cm³/mol. The molecule has 1 aromatic heterocycles. The monoisotopic (exact) mass is 164 g/mol. The summed E-state index contributed by atoms with van der Waals surface area (Å²) in [5.74, 6) is 0.441. The summed E-state index contributed by atoms with van der Waals surface area (Å²) in [5, 5.41) is 0. The molecule has 2 heteroatoms. The fourth-order valence-electron chi connectivity index (χ4n) is 1.01. The van der Waals surface area contributed by atoms with Crippen LogP contribution in [0.4, 0.5) is 0 Å². The highest BCUT2D eigenvalue weighted by atomic mass is 16.3. The smallest absolute Gasteiger partial charge is 0.185 e. The summed E-state index contributed by atoms with van der Waals surface area (Å²) in [6.07, 6.45) is 4.02. The van der Waals surface area contributed by atoms with Crippen LogP contribution in [0.15, 0.2) is 28.9 Å². The first kappa shape index (κ1) is 8.78. The maximum atomic E-state index is 10.4. The Kier molecular flexibility index (Phi) is 2.86. The number of rotatable bonds is 4. The molecule has 0 unspecified atom stereocenters. The number of hydrogen-bond donors (Lipinski definition) is 0. The molecule has 0 aliphatic rings. The Morgan fingerprint density at radius 2 is 2.50 bits per heavy atom. The van der Waals surface area contributed by atoms with Crippen molar-refractivity contribution in [3.05, 3.63) is 35.8 Å². The summed E-state index contributed by atoms with van der Waals surface area (Å²) in [7, 11) is 0. The van der Waals surface area contributed by atoms with Crippen LogP contribution in [-0.4, -0.2) is 6.29 Å². The fourth-order valence-corrected chi connectivity index (χ4v) is 1.01. The van der Waals surface area contributed by atoms with Gasteiger partial charge in [-0.05, 0) is 25.8 Å². The van der Waals surface area contributed by atoms with Gasteiger partial charge in [-0.2, -0.15) is 0 Å². The third-order valence-corrected chi connectivity index (χ3v) is 1.71. The molecule has 0 amide bonds. The Morgan fingerprint density at radius 3 is 3.08 bits per heavy atom. The summed E-state index contributed by atoms with van der Waals surface area (Å²) in [6.45, 7) is 5.76. The zero-order valence-corrected chi connectivity index (χ0v) is 7.17. The Labute approximate surface area is 71.9 Å². The van der Waals surface area contributed by atoms with Crippen molar-refractivity contribution in [3.8, 4) is 0 Å². The second kappa shape index (κ2) is 3.90. The number of furan rings is 1. The van der Waals surface area contributed by atoms with Crippen LogP contribution in [0, 0.1) is 0 Å². The molecule has 0 aromatic carbocycles. The first-order chi connectivity index (χ1) is 5.74.